The molecule has 3 saturated heterocycles. The zero-order chi connectivity index (χ0) is 11.7. The Morgan fingerprint density at radius 3 is 2.72 bits per heavy atom. The Bertz CT molecular complexity index is 299. The van der Waals surface area contributed by atoms with Gasteiger partial charge in [0.05, 0.1) is 6.04 Å². The smallest absolute Gasteiger partial charge is 0.239 e. The maximum atomic E-state index is 12.3. The van der Waals surface area contributed by atoms with E-state index in [2.05, 4.69) is 10.2 Å². The van der Waals surface area contributed by atoms with Gasteiger partial charge in [0.15, 0.2) is 0 Å². The highest BCUT2D eigenvalue weighted by Crippen LogP contribution is 2.39. The third-order valence-electron chi connectivity index (χ3n) is 4.66. The van der Waals surface area contributed by atoms with Crippen LogP contribution in [0.2, 0.25) is 0 Å². The number of carbonyl (C=O) groups excluding carboxylic acids is 1. The first-order valence-electron chi connectivity index (χ1n) is 6.89. The number of halogens is 1. The highest BCUT2D eigenvalue weighted by molar-refractivity contribution is 5.85. The standard InChI is InChI=1S/C13H22N2O2.ClH/c16-12(11-2-1-6-14-11)15-7-3-13(10-15)4-8-17-9-5-13;/h11,14H,1-10H2;1H. The largest absolute Gasteiger partial charge is 0.381 e. The molecule has 1 atom stereocenters. The van der Waals surface area contributed by atoms with Crippen molar-refractivity contribution in [1.82, 2.24) is 10.2 Å². The first-order valence-corrected chi connectivity index (χ1v) is 6.89. The summed E-state index contributed by atoms with van der Waals surface area (Å²) < 4.78 is 5.44. The Balaban J connectivity index is 0.00000120. The van der Waals surface area contributed by atoms with Gasteiger partial charge in [0.2, 0.25) is 5.91 Å². The van der Waals surface area contributed by atoms with Crippen LogP contribution in [0.1, 0.15) is 32.1 Å². The molecule has 0 radical (unpaired) electrons. The molecule has 0 aromatic rings. The fourth-order valence-electron chi connectivity index (χ4n) is 3.45. The number of rotatable bonds is 1. The number of hydrogen-bond acceptors (Lipinski definition) is 3. The molecule has 1 amide bonds. The molecule has 18 heavy (non-hydrogen) atoms. The molecule has 3 rings (SSSR count). The maximum absolute atomic E-state index is 12.3. The van der Waals surface area contributed by atoms with Gasteiger partial charge < -0.3 is 15.0 Å². The first-order chi connectivity index (χ1) is 8.29. The molecule has 0 aromatic heterocycles. The van der Waals surface area contributed by atoms with Crippen molar-refractivity contribution in [1.29, 1.82) is 0 Å². The van der Waals surface area contributed by atoms with Gasteiger partial charge in [-0.25, -0.2) is 0 Å². The van der Waals surface area contributed by atoms with Crippen LogP contribution in [-0.2, 0) is 9.53 Å². The highest BCUT2D eigenvalue weighted by Gasteiger charge is 2.42. The van der Waals surface area contributed by atoms with Gasteiger partial charge in [-0.3, -0.25) is 4.79 Å². The minimum atomic E-state index is 0. The van der Waals surface area contributed by atoms with Crippen LogP contribution in [0.4, 0.5) is 0 Å². The van der Waals surface area contributed by atoms with Gasteiger partial charge in [0, 0.05) is 26.3 Å². The Labute approximate surface area is 115 Å². The molecule has 0 bridgehead atoms. The van der Waals surface area contributed by atoms with Gasteiger partial charge in [-0.1, -0.05) is 0 Å². The lowest BCUT2D eigenvalue weighted by Crippen LogP contribution is -2.44. The van der Waals surface area contributed by atoms with Gasteiger partial charge in [0.1, 0.15) is 0 Å². The third-order valence-corrected chi connectivity index (χ3v) is 4.66. The maximum Gasteiger partial charge on any atom is 0.239 e. The minimum absolute atomic E-state index is 0. The van der Waals surface area contributed by atoms with Crippen LogP contribution in [0.3, 0.4) is 0 Å². The number of amides is 1. The normalized spacial score (nSPS) is 30.4. The van der Waals surface area contributed by atoms with E-state index in [-0.39, 0.29) is 18.4 Å². The van der Waals surface area contributed by atoms with Crippen molar-refractivity contribution in [3.05, 3.63) is 0 Å². The Kier molecular flexibility index (Phi) is 4.51. The lowest BCUT2D eigenvalue weighted by molar-refractivity contribution is -0.132. The van der Waals surface area contributed by atoms with Crippen molar-refractivity contribution in [2.24, 2.45) is 5.41 Å². The molecular formula is C13H23ClN2O2. The van der Waals surface area contributed by atoms with Crippen molar-refractivity contribution in [2.75, 3.05) is 32.8 Å². The van der Waals surface area contributed by atoms with E-state index in [0.717, 1.165) is 58.5 Å². The molecule has 3 aliphatic rings. The number of nitrogens with one attached hydrogen (secondary N) is 1. The molecule has 1 spiro atoms. The van der Waals surface area contributed by atoms with Gasteiger partial charge in [-0.05, 0) is 44.1 Å². The number of carbonyl (C=O) groups is 1. The van der Waals surface area contributed by atoms with Crippen molar-refractivity contribution < 1.29 is 9.53 Å². The third kappa shape index (κ3) is 2.65. The van der Waals surface area contributed by atoms with Crippen molar-refractivity contribution >= 4 is 18.3 Å². The van der Waals surface area contributed by atoms with E-state index in [1.807, 2.05) is 0 Å². The molecular weight excluding hydrogens is 252 g/mol. The summed E-state index contributed by atoms with van der Waals surface area (Å²) in [7, 11) is 0. The minimum Gasteiger partial charge on any atom is -0.381 e. The number of hydrogen-bond donors (Lipinski definition) is 1. The molecule has 4 nitrogen and oxygen atoms in total. The molecule has 0 aromatic carbocycles. The van der Waals surface area contributed by atoms with Crippen LogP contribution >= 0.6 is 12.4 Å². The van der Waals surface area contributed by atoms with Crippen LogP contribution in [0.15, 0.2) is 0 Å². The molecule has 104 valence electrons. The Morgan fingerprint density at radius 1 is 1.28 bits per heavy atom. The predicted molar refractivity (Wildman–Crippen MR) is 72.0 cm³/mol. The monoisotopic (exact) mass is 274 g/mol. The van der Waals surface area contributed by atoms with Crippen LogP contribution in [-0.4, -0.2) is 49.7 Å². The number of likely N-dealkylation sites (tertiary alicyclic amines) is 1. The predicted octanol–water partition coefficient (Wildman–Crippen LogP) is 1.19. The topological polar surface area (TPSA) is 41.6 Å². The molecule has 5 heteroatoms. The molecule has 3 fully saturated rings. The summed E-state index contributed by atoms with van der Waals surface area (Å²) in [5, 5.41) is 3.31. The number of nitrogens with zero attached hydrogens (tertiary/aromatic N) is 1. The van der Waals surface area contributed by atoms with Gasteiger partial charge in [-0.2, -0.15) is 0 Å². The molecule has 3 heterocycles. The Hall–Kier alpha value is -0.320. The summed E-state index contributed by atoms with van der Waals surface area (Å²) in [5.41, 5.74) is 0.381. The molecule has 1 N–H and O–H groups in total. The SMILES string of the molecule is Cl.O=C(C1CCCN1)N1CCC2(CCOCC2)C1. The quantitative estimate of drug-likeness (QED) is 0.781. The summed E-state index contributed by atoms with van der Waals surface area (Å²) in [6.45, 7) is 4.68. The summed E-state index contributed by atoms with van der Waals surface area (Å²) in [6, 6.07) is 0.102. The average molecular weight is 275 g/mol. The fraction of sp³-hybridized carbons (Fsp3) is 0.923. The summed E-state index contributed by atoms with van der Waals surface area (Å²) in [4.78, 5) is 14.4. The zero-order valence-electron chi connectivity index (χ0n) is 10.8. The van der Waals surface area contributed by atoms with Crippen molar-refractivity contribution in [3.63, 3.8) is 0 Å². The first kappa shape index (κ1) is 14.1. The second kappa shape index (κ2) is 5.76. The molecule has 3 aliphatic heterocycles. The summed E-state index contributed by atoms with van der Waals surface area (Å²) in [6.07, 6.45) is 5.60. The van der Waals surface area contributed by atoms with Crippen LogP contribution in [0.5, 0.6) is 0 Å². The summed E-state index contributed by atoms with van der Waals surface area (Å²) >= 11 is 0. The fourth-order valence-corrected chi connectivity index (χ4v) is 3.45. The van der Waals surface area contributed by atoms with E-state index in [1.54, 1.807) is 0 Å². The van der Waals surface area contributed by atoms with Crippen LogP contribution in [0.25, 0.3) is 0 Å². The van der Waals surface area contributed by atoms with Crippen molar-refractivity contribution in [3.8, 4) is 0 Å². The molecule has 0 aliphatic carbocycles. The summed E-state index contributed by atoms with van der Waals surface area (Å²) in [5.74, 6) is 0.339. The second-order valence-corrected chi connectivity index (χ2v) is 5.77. The highest BCUT2D eigenvalue weighted by atomic mass is 35.5. The Morgan fingerprint density at radius 2 is 2.06 bits per heavy atom. The van der Waals surface area contributed by atoms with Gasteiger partial charge in [-0.15, -0.1) is 12.4 Å². The molecule has 1 unspecified atom stereocenters. The molecule has 0 saturated carbocycles. The zero-order valence-corrected chi connectivity index (χ0v) is 11.6. The van der Waals surface area contributed by atoms with E-state index in [9.17, 15) is 4.79 Å². The van der Waals surface area contributed by atoms with Gasteiger partial charge in [0.25, 0.3) is 0 Å². The van der Waals surface area contributed by atoms with Gasteiger partial charge >= 0.3 is 0 Å². The van der Waals surface area contributed by atoms with E-state index < -0.39 is 0 Å². The second-order valence-electron chi connectivity index (χ2n) is 5.77. The van der Waals surface area contributed by atoms with E-state index in [4.69, 9.17) is 4.74 Å². The lowest BCUT2D eigenvalue weighted by Gasteiger charge is -2.33. The van der Waals surface area contributed by atoms with Crippen LogP contribution < -0.4 is 5.32 Å². The lowest BCUT2D eigenvalue weighted by atomic mass is 9.80. The van der Waals surface area contributed by atoms with Crippen LogP contribution in [0, 0.1) is 5.41 Å². The average Bonchev–Trinajstić information content (AvgIpc) is 2.99. The van der Waals surface area contributed by atoms with E-state index >= 15 is 0 Å². The number of ether oxygens (including phenoxy) is 1. The van der Waals surface area contributed by atoms with Crippen molar-refractivity contribution in [2.45, 2.75) is 38.1 Å². The van der Waals surface area contributed by atoms with E-state index in [0.29, 0.717) is 11.3 Å². The van der Waals surface area contributed by atoms with E-state index in [1.165, 1.54) is 6.42 Å².